The lowest BCUT2D eigenvalue weighted by Crippen LogP contribution is -2.46. The highest BCUT2D eigenvalue weighted by Gasteiger charge is 2.29. The number of carbonyl (C=O) groups is 2. The minimum absolute atomic E-state index is 0.0258. The number of phenolic OH excluding ortho intramolecular Hbond substituents is 3. The highest BCUT2D eigenvalue weighted by atomic mass is 16.4. The number of aliphatic hydroxyl groups is 5. The lowest BCUT2D eigenvalue weighted by Gasteiger charge is -2.22. The van der Waals surface area contributed by atoms with E-state index in [-0.39, 0.29) is 11.8 Å². The van der Waals surface area contributed by atoms with E-state index in [1.165, 1.54) is 0 Å². The van der Waals surface area contributed by atoms with E-state index in [2.05, 4.69) is 0 Å². The summed E-state index contributed by atoms with van der Waals surface area (Å²) in [6, 6.07) is 1.69. The molecule has 0 heterocycles. The predicted octanol–water partition coefficient (Wildman–Crippen LogP) is -2.88. The van der Waals surface area contributed by atoms with Crippen LogP contribution in [0.1, 0.15) is 10.4 Å². The molecule has 0 aliphatic heterocycles. The Hall–Kier alpha value is -2.44. The van der Waals surface area contributed by atoms with Gasteiger partial charge in [0.05, 0.1) is 12.2 Å². The fraction of sp³-hybridized carbons (Fsp3) is 0.385. The summed E-state index contributed by atoms with van der Waals surface area (Å²) in [5, 5.41) is 78.5. The number of aromatic hydroxyl groups is 3. The van der Waals surface area contributed by atoms with Crippen LogP contribution in [-0.2, 0) is 4.79 Å². The topological polar surface area (TPSA) is 216 Å². The first-order valence-corrected chi connectivity index (χ1v) is 6.33. The molecule has 11 nitrogen and oxygen atoms in total. The van der Waals surface area contributed by atoms with Crippen LogP contribution < -0.4 is 0 Å². The third kappa shape index (κ3) is 5.98. The lowest BCUT2D eigenvalue weighted by molar-refractivity contribution is -0.136. The maximum atomic E-state index is 10.3. The van der Waals surface area contributed by atoms with Crippen molar-refractivity contribution in [1.82, 2.24) is 0 Å². The van der Waals surface area contributed by atoms with E-state index in [9.17, 15) is 9.59 Å². The zero-order valence-corrected chi connectivity index (χ0v) is 12.1. The highest BCUT2D eigenvalue weighted by Crippen LogP contribution is 2.35. The monoisotopic (exact) mass is 350 g/mol. The Labute approximate surface area is 134 Å². The Morgan fingerprint density at radius 2 is 1.46 bits per heavy atom. The quantitative estimate of drug-likeness (QED) is 0.187. The first kappa shape index (κ1) is 21.6. The number of benzene rings is 1. The third-order valence-electron chi connectivity index (χ3n) is 2.74. The molecule has 0 radical (unpaired) electrons. The average molecular weight is 350 g/mol. The normalized spacial score (nSPS) is 15.4. The van der Waals surface area contributed by atoms with Crippen LogP contribution in [0.4, 0.5) is 0 Å². The molecule has 0 aliphatic carbocycles. The molecule has 136 valence electrons. The number of aldehydes is 1. The van der Waals surface area contributed by atoms with Gasteiger partial charge < -0.3 is 50.8 Å². The predicted molar refractivity (Wildman–Crippen MR) is 75.6 cm³/mol. The largest absolute Gasteiger partial charge is 0.504 e. The van der Waals surface area contributed by atoms with Gasteiger partial charge in [0.15, 0.2) is 23.5 Å². The van der Waals surface area contributed by atoms with Crippen molar-refractivity contribution in [2.24, 2.45) is 0 Å². The van der Waals surface area contributed by atoms with Crippen LogP contribution in [0.5, 0.6) is 17.2 Å². The lowest BCUT2D eigenvalue weighted by atomic mass is 10.0. The van der Waals surface area contributed by atoms with Crippen LogP contribution in [0.25, 0.3) is 0 Å². The number of hydrogen-bond acceptors (Lipinski definition) is 10. The maximum absolute atomic E-state index is 10.3. The Balaban J connectivity index is 0.000000441. The molecule has 0 unspecified atom stereocenters. The molecule has 0 fully saturated rings. The van der Waals surface area contributed by atoms with Gasteiger partial charge in [-0.2, -0.15) is 0 Å². The van der Waals surface area contributed by atoms with Crippen molar-refractivity contribution >= 4 is 12.3 Å². The fourth-order valence-corrected chi connectivity index (χ4v) is 1.35. The van der Waals surface area contributed by atoms with Gasteiger partial charge in [-0.05, 0) is 12.1 Å². The number of rotatable bonds is 6. The smallest absolute Gasteiger partial charge is 0.335 e. The molecule has 0 bridgehead atoms. The second-order valence-electron chi connectivity index (χ2n) is 4.53. The summed E-state index contributed by atoms with van der Waals surface area (Å²) >= 11 is 0. The van der Waals surface area contributed by atoms with E-state index in [0.29, 0.717) is 0 Å². The van der Waals surface area contributed by atoms with Crippen molar-refractivity contribution in [1.29, 1.82) is 0 Å². The number of hydrogen-bond donors (Lipinski definition) is 9. The Kier molecular flexibility index (Phi) is 8.66. The Bertz CT molecular complexity index is 536. The molecule has 0 saturated heterocycles. The number of phenols is 3. The van der Waals surface area contributed by atoms with Gasteiger partial charge >= 0.3 is 5.97 Å². The van der Waals surface area contributed by atoms with Gasteiger partial charge in [0, 0.05) is 0 Å². The van der Waals surface area contributed by atoms with Crippen LogP contribution in [0, 0.1) is 0 Å². The van der Waals surface area contributed by atoms with E-state index in [4.69, 9.17) is 46.0 Å². The van der Waals surface area contributed by atoms with E-state index >= 15 is 0 Å². The molecule has 9 N–H and O–H groups in total. The summed E-state index contributed by atoms with van der Waals surface area (Å²) in [6.07, 6.45) is -6.84. The molecule has 1 aromatic carbocycles. The summed E-state index contributed by atoms with van der Waals surface area (Å²) in [5.74, 6) is -3.33. The molecule has 1 aromatic rings. The van der Waals surface area contributed by atoms with Crippen LogP contribution in [0.3, 0.4) is 0 Å². The van der Waals surface area contributed by atoms with Crippen LogP contribution >= 0.6 is 0 Å². The number of aromatic carboxylic acids is 1. The number of carboxylic acids is 1. The van der Waals surface area contributed by atoms with Gasteiger partial charge in [-0.25, -0.2) is 4.79 Å². The molecule has 4 atom stereocenters. The van der Waals surface area contributed by atoms with Crippen molar-refractivity contribution in [2.75, 3.05) is 6.61 Å². The molecule has 0 amide bonds. The Morgan fingerprint density at radius 3 is 1.79 bits per heavy atom. The molecule has 1 rings (SSSR count). The van der Waals surface area contributed by atoms with Crippen molar-refractivity contribution in [3.05, 3.63) is 17.7 Å². The standard InChI is InChI=1S/C7H6O5.C6H12O6/c8-4-1-3(7(11)12)2-5(9)6(4)10;7-1-3(9)5(11)6(12)4(10)2-8/h1-2,8-10H,(H,11,12);1,3-6,8-12H,2H2/t;3-,4+,5+,6+/m.0/s1. The third-order valence-corrected chi connectivity index (χ3v) is 2.74. The van der Waals surface area contributed by atoms with E-state index < -0.39 is 54.2 Å². The first-order valence-electron chi connectivity index (χ1n) is 6.33. The first-order chi connectivity index (χ1) is 11.1. The minimum atomic E-state index is -1.79. The van der Waals surface area contributed by atoms with Crippen molar-refractivity contribution < 1.29 is 55.5 Å². The summed E-state index contributed by atoms with van der Waals surface area (Å²) in [7, 11) is 0. The van der Waals surface area contributed by atoms with Crippen molar-refractivity contribution in [2.45, 2.75) is 24.4 Å². The Morgan fingerprint density at radius 1 is 1.00 bits per heavy atom. The van der Waals surface area contributed by atoms with E-state index in [1.54, 1.807) is 0 Å². The van der Waals surface area contributed by atoms with Gasteiger partial charge in [-0.15, -0.1) is 0 Å². The summed E-state index contributed by atoms with van der Waals surface area (Å²) in [4.78, 5) is 20.2. The second kappa shape index (κ2) is 9.64. The van der Waals surface area contributed by atoms with Gasteiger partial charge in [0.2, 0.25) is 0 Å². The zero-order chi connectivity index (χ0) is 19.0. The number of carbonyl (C=O) groups excluding carboxylic acids is 1. The maximum Gasteiger partial charge on any atom is 0.335 e. The highest BCUT2D eigenvalue weighted by molar-refractivity contribution is 5.89. The van der Waals surface area contributed by atoms with Gasteiger partial charge in [0.25, 0.3) is 0 Å². The molecule has 11 heteroatoms. The van der Waals surface area contributed by atoms with Crippen LogP contribution in [0.2, 0.25) is 0 Å². The van der Waals surface area contributed by atoms with E-state index in [1.807, 2.05) is 0 Å². The molecular weight excluding hydrogens is 332 g/mol. The SMILES string of the molecule is O=C(O)c1cc(O)c(O)c(O)c1.O=C[C@H](O)[C@@H](O)[C@H](O)[C@H](O)CO. The van der Waals surface area contributed by atoms with Crippen LogP contribution in [0.15, 0.2) is 12.1 Å². The van der Waals surface area contributed by atoms with Crippen molar-refractivity contribution in [3.8, 4) is 17.2 Å². The molecule has 0 aromatic heterocycles. The molecule has 0 spiro atoms. The summed E-state index contributed by atoms with van der Waals surface area (Å²) < 4.78 is 0. The van der Waals surface area contributed by atoms with Gasteiger partial charge in [0.1, 0.15) is 24.4 Å². The number of aliphatic hydroxyl groups excluding tert-OH is 5. The molecular formula is C13H18O11. The van der Waals surface area contributed by atoms with Gasteiger partial charge in [-0.3, -0.25) is 0 Å². The van der Waals surface area contributed by atoms with Gasteiger partial charge in [-0.1, -0.05) is 0 Å². The fourth-order valence-electron chi connectivity index (χ4n) is 1.35. The number of carboxylic acid groups (broad SMARTS) is 1. The average Bonchev–Trinajstić information content (AvgIpc) is 2.56. The van der Waals surface area contributed by atoms with Crippen LogP contribution in [-0.4, -0.2) is 89.2 Å². The van der Waals surface area contributed by atoms with Crippen molar-refractivity contribution in [3.63, 3.8) is 0 Å². The summed E-state index contributed by atoms with van der Waals surface area (Å²) in [5.41, 5.74) is -0.289. The second-order valence-corrected chi connectivity index (χ2v) is 4.53. The molecule has 0 aliphatic rings. The minimum Gasteiger partial charge on any atom is -0.504 e. The summed E-state index contributed by atoms with van der Waals surface area (Å²) in [6.45, 7) is -0.760. The molecule has 0 saturated carbocycles. The van der Waals surface area contributed by atoms with E-state index in [0.717, 1.165) is 12.1 Å². The zero-order valence-electron chi connectivity index (χ0n) is 12.1. The molecule has 24 heavy (non-hydrogen) atoms.